The lowest BCUT2D eigenvalue weighted by atomic mass is 9.87. The van der Waals surface area contributed by atoms with Crippen LogP contribution in [0.15, 0.2) is 0 Å². The second kappa shape index (κ2) is 11.8. The molecule has 192 valence electrons. The molecule has 12 nitrogen and oxygen atoms in total. The van der Waals surface area contributed by atoms with E-state index >= 15 is 0 Å². The lowest BCUT2D eigenvalue weighted by Gasteiger charge is -2.49. The Morgan fingerprint density at radius 1 is 1.00 bits per heavy atom. The molecule has 0 bridgehead atoms. The van der Waals surface area contributed by atoms with E-state index in [2.05, 4.69) is 5.32 Å². The molecular formula is C21H37NO11. The average Bonchev–Trinajstić information content (AvgIpc) is 2.70. The van der Waals surface area contributed by atoms with Crippen molar-refractivity contribution in [2.75, 3.05) is 13.7 Å². The van der Waals surface area contributed by atoms with Crippen LogP contribution in [0.2, 0.25) is 0 Å². The van der Waals surface area contributed by atoms with Crippen LogP contribution in [-0.2, 0) is 33.3 Å². The predicted molar refractivity (Wildman–Crippen MR) is 112 cm³/mol. The Bertz CT molecular complexity index is 660. The van der Waals surface area contributed by atoms with E-state index in [9.17, 15) is 30.0 Å². The first-order chi connectivity index (χ1) is 15.4. The molecule has 1 amide bonds. The van der Waals surface area contributed by atoms with Crippen molar-refractivity contribution in [3.8, 4) is 0 Å². The summed E-state index contributed by atoms with van der Waals surface area (Å²) in [7, 11) is 1.44. The Labute approximate surface area is 193 Å². The van der Waals surface area contributed by atoms with E-state index in [4.69, 9.17) is 23.7 Å². The molecule has 0 saturated carbocycles. The van der Waals surface area contributed by atoms with Gasteiger partial charge >= 0.3 is 5.97 Å². The molecule has 2 heterocycles. The first-order valence-corrected chi connectivity index (χ1v) is 11.0. The van der Waals surface area contributed by atoms with Gasteiger partial charge in [-0.15, -0.1) is 0 Å². The Balaban J connectivity index is 2.35. The molecule has 12 heteroatoms. The fourth-order valence-corrected chi connectivity index (χ4v) is 4.19. The molecule has 0 aliphatic carbocycles. The number of aliphatic carboxylic acids is 1. The normalized spacial score (nSPS) is 39.6. The number of carboxylic acid groups (broad SMARTS) is 1. The maximum absolute atomic E-state index is 11.9. The summed E-state index contributed by atoms with van der Waals surface area (Å²) < 4.78 is 27.9. The van der Waals surface area contributed by atoms with E-state index in [-0.39, 0.29) is 12.5 Å². The molecule has 2 rings (SSSR count). The van der Waals surface area contributed by atoms with E-state index in [1.54, 1.807) is 13.8 Å². The van der Waals surface area contributed by atoms with Crippen molar-refractivity contribution >= 4 is 11.9 Å². The highest BCUT2D eigenvalue weighted by Gasteiger charge is 2.53. The molecule has 0 aromatic heterocycles. The second-order valence-corrected chi connectivity index (χ2v) is 9.05. The molecule has 10 atom stereocenters. The summed E-state index contributed by atoms with van der Waals surface area (Å²) in [5.74, 6) is -1.93. The van der Waals surface area contributed by atoms with Crippen molar-refractivity contribution in [3.05, 3.63) is 0 Å². The molecular weight excluding hydrogens is 442 g/mol. The van der Waals surface area contributed by atoms with Crippen LogP contribution in [0.1, 0.15) is 34.6 Å². The van der Waals surface area contributed by atoms with Gasteiger partial charge in [0.25, 0.3) is 0 Å². The van der Waals surface area contributed by atoms with Gasteiger partial charge in [-0.05, 0) is 19.8 Å². The quantitative estimate of drug-likeness (QED) is 0.264. The minimum absolute atomic E-state index is 0.0236. The van der Waals surface area contributed by atoms with Crippen molar-refractivity contribution in [2.24, 2.45) is 5.92 Å². The fourth-order valence-electron chi connectivity index (χ4n) is 4.19. The molecule has 0 aromatic rings. The number of aliphatic hydroxyl groups is 3. The van der Waals surface area contributed by atoms with Gasteiger partial charge < -0.3 is 49.4 Å². The van der Waals surface area contributed by atoms with Crippen LogP contribution in [0.4, 0.5) is 0 Å². The molecule has 0 radical (unpaired) electrons. The number of rotatable bonds is 9. The number of amides is 1. The molecule has 2 fully saturated rings. The Morgan fingerprint density at radius 3 is 2.12 bits per heavy atom. The lowest BCUT2D eigenvalue weighted by molar-refractivity contribution is -0.333. The third-order valence-electron chi connectivity index (χ3n) is 5.62. The third-order valence-corrected chi connectivity index (χ3v) is 5.62. The number of carbonyl (C=O) groups excluding carboxylic acids is 1. The van der Waals surface area contributed by atoms with Crippen LogP contribution in [0.25, 0.3) is 0 Å². The maximum Gasteiger partial charge on any atom is 0.335 e. The smallest absolute Gasteiger partial charge is 0.335 e. The van der Waals surface area contributed by atoms with Gasteiger partial charge in [-0.2, -0.15) is 0 Å². The molecule has 2 saturated heterocycles. The number of hydrogen-bond acceptors (Lipinski definition) is 10. The zero-order chi connectivity index (χ0) is 25.0. The standard InChI is InChI=1S/C21H37NO11/c1-8(2)16-12(22-10(5)23)17(13(24)11(31-16)7-29-6)32-21-15(26)14(25)18(30-9(3)4)19(33-21)20(27)28/h8-9,11-19,21,24-26H,7H2,1-6H3,(H,22,23)(H,27,28). The Kier molecular flexibility index (Phi) is 10.0. The molecule has 2 aliphatic rings. The topological polar surface area (TPSA) is 173 Å². The minimum atomic E-state index is -1.68. The first-order valence-electron chi connectivity index (χ1n) is 11.0. The fraction of sp³-hybridized carbons (Fsp3) is 0.905. The minimum Gasteiger partial charge on any atom is -0.479 e. The zero-order valence-corrected chi connectivity index (χ0v) is 19.8. The van der Waals surface area contributed by atoms with Crippen LogP contribution in [0.3, 0.4) is 0 Å². The van der Waals surface area contributed by atoms with E-state index in [1.165, 1.54) is 14.0 Å². The summed E-state index contributed by atoms with van der Waals surface area (Å²) >= 11 is 0. The zero-order valence-electron chi connectivity index (χ0n) is 19.8. The summed E-state index contributed by atoms with van der Waals surface area (Å²) in [5.41, 5.74) is 0. The monoisotopic (exact) mass is 479 g/mol. The van der Waals surface area contributed by atoms with Crippen LogP contribution in [0, 0.1) is 5.92 Å². The summed E-state index contributed by atoms with van der Waals surface area (Å²) in [6.45, 7) is 8.35. The second-order valence-electron chi connectivity index (χ2n) is 9.05. The van der Waals surface area contributed by atoms with Gasteiger partial charge in [-0.1, -0.05) is 13.8 Å². The highest BCUT2D eigenvalue weighted by molar-refractivity contribution is 5.74. The number of hydrogen-bond donors (Lipinski definition) is 5. The van der Waals surface area contributed by atoms with Crippen molar-refractivity contribution in [1.29, 1.82) is 0 Å². The van der Waals surface area contributed by atoms with Crippen molar-refractivity contribution < 1.29 is 53.7 Å². The van der Waals surface area contributed by atoms with Gasteiger partial charge in [-0.3, -0.25) is 4.79 Å². The summed E-state index contributed by atoms with van der Waals surface area (Å²) in [6, 6.07) is -0.855. The SMILES string of the molecule is COCC1OC(C(C)C)C(NC(C)=O)C(OC2OC(C(=O)O)C(OC(C)C)C(O)C2O)C1O. The van der Waals surface area contributed by atoms with Crippen LogP contribution >= 0.6 is 0 Å². The number of methoxy groups -OCH3 is 1. The largest absolute Gasteiger partial charge is 0.479 e. The van der Waals surface area contributed by atoms with Gasteiger partial charge in [0.1, 0.15) is 36.6 Å². The number of carbonyl (C=O) groups is 2. The number of nitrogens with one attached hydrogen (secondary N) is 1. The molecule has 33 heavy (non-hydrogen) atoms. The van der Waals surface area contributed by atoms with Gasteiger partial charge in [0.05, 0.1) is 24.9 Å². The van der Waals surface area contributed by atoms with Crippen LogP contribution in [-0.4, -0.2) is 113 Å². The molecule has 0 aromatic carbocycles. The lowest BCUT2D eigenvalue weighted by Crippen LogP contribution is -2.68. The van der Waals surface area contributed by atoms with Gasteiger partial charge in [0.15, 0.2) is 12.4 Å². The van der Waals surface area contributed by atoms with Gasteiger partial charge in [0.2, 0.25) is 5.91 Å². The van der Waals surface area contributed by atoms with Crippen LogP contribution < -0.4 is 5.32 Å². The summed E-state index contributed by atoms with van der Waals surface area (Å²) in [5, 5.41) is 44.5. The molecule has 5 N–H and O–H groups in total. The highest BCUT2D eigenvalue weighted by atomic mass is 16.7. The number of carboxylic acids is 1. The Hall–Kier alpha value is -1.38. The number of ether oxygens (including phenoxy) is 5. The highest BCUT2D eigenvalue weighted by Crippen LogP contribution is 2.32. The first kappa shape index (κ1) is 27.9. The molecule has 0 spiro atoms. The van der Waals surface area contributed by atoms with E-state index in [1.807, 2.05) is 13.8 Å². The van der Waals surface area contributed by atoms with Gasteiger partial charge in [-0.25, -0.2) is 4.79 Å². The van der Waals surface area contributed by atoms with Crippen molar-refractivity contribution in [1.82, 2.24) is 5.32 Å². The third kappa shape index (κ3) is 6.61. The predicted octanol–water partition coefficient (Wildman–Crippen LogP) is -1.37. The maximum atomic E-state index is 11.9. The van der Waals surface area contributed by atoms with Gasteiger partial charge in [0, 0.05) is 14.0 Å². The Morgan fingerprint density at radius 2 is 1.64 bits per heavy atom. The van der Waals surface area contributed by atoms with Crippen LogP contribution in [0.5, 0.6) is 0 Å². The number of aliphatic hydroxyl groups excluding tert-OH is 3. The van der Waals surface area contributed by atoms with E-state index < -0.39 is 79.1 Å². The molecule has 10 unspecified atom stereocenters. The van der Waals surface area contributed by atoms with Crippen molar-refractivity contribution in [2.45, 2.75) is 102 Å². The summed E-state index contributed by atoms with van der Waals surface area (Å²) in [6.07, 6.45) is -12.3. The summed E-state index contributed by atoms with van der Waals surface area (Å²) in [4.78, 5) is 23.7. The van der Waals surface area contributed by atoms with E-state index in [0.29, 0.717) is 0 Å². The average molecular weight is 480 g/mol. The molecule has 2 aliphatic heterocycles. The van der Waals surface area contributed by atoms with Crippen molar-refractivity contribution in [3.63, 3.8) is 0 Å². The van der Waals surface area contributed by atoms with E-state index in [0.717, 1.165) is 0 Å².